The van der Waals surface area contributed by atoms with Crippen molar-refractivity contribution in [1.29, 1.82) is 0 Å². The Morgan fingerprint density at radius 3 is 1.71 bits per heavy atom. The number of allylic oxidation sites excluding steroid dienone is 1. The van der Waals surface area contributed by atoms with Crippen molar-refractivity contribution < 1.29 is 27.9 Å². The maximum absolute atomic E-state index is 12.4. The molecule has 1 aliphatic rings. The average molecular weight is 475 g/mol. The molecule has 0 aromatic carbocycles. The number of carbonyl (C=O) groups is 1. The van der Waals surface area contributed by atoms with Gasteiger partial charge in [-0.3, -0.25) is 0 Å². The van der Waals surface area contributed by atoms with E-state index < -0.39 is 53.3 Å². The van der Waals surface area contributed by atoms with Gasteiger partial charge in [-0.1, -0.05) is 47.6 Å². The lowest BCUT2D eigenvalue weighted by Gasteiger charge is -2.51. The molecule has 0 bridgehead atoms. The molecule has 1 saturated heterocycles. The smallest absolute Gasteiger partial charge is 0.330 e. The largest absolute Gasteiger partial charge is 0.454 e. The highest BCUT2D eigenvalue weighted by Gasteiger charge is 2.54. The quantitative estimate of drug-likeness (QED) is 0.270. The molecule has 1 rings (SSSR count). The Bertz CT molecular complexity index is 633. The van der Waals surface area contributed by atoms with Crippen LogP contribution in [-0.2, 0) is 27.9 Å². The number of hydrogen-bond donors (Lipinski definition) is 0. The second-order valence-electron chi connectivity index (χ2n) is 11.5. The molecule has 0 saturated carbocycles. The fourth-order valence-electron chi connectivity index (χ4n) is 2.93. The molecule has 0 spiro atoms. The SMILES string of the molecule is C/C=C/C(=O)OC1C(C)OC(OC)C(O[Si](C)(C)C(C)(C)C)C1O[Si](C)(C)C(C)(C)C. The van der Waals surface area contributed by atoms with Crippen molar-refractivity contribution >= 4 is 22.6 Å². The van der Waals surface area contributed by atoms with E-state index in [4.69, 9.17) is 23.1 Å². The van der Waals surface area contributed by atoms with Gasteiger partial charge in [-0.25, -0.2) is 4.79 Å². The van der Waals surface area contributed by atoms with E-state index in [1.165, 1.54) is 6.08 Å². The molecule has 0 aliphatic carbocycles. The number of ether oxygens (including phenoxy) is 3. The fraction of sp³-hybridized carbons (Fsp3) is 0.870. The molecule has 1 aliphatic heterocycles. The lowest BCUT2D eigenvalue weighted by molar-refractivity contribution is -0.282. The van der Waals surface area contributed by atoms with Crippen LogP contribution in [0.2, 0.25) is 36.3 Å². The van der Waals surface area contributed by atoms with Gasteiger partial charge in [0.1, 0.15) is 12.2 Å². The Hall–Kier alpha value is -0.516. The second kappa shape index (κ2) is 10.2. The molecule has 1 fully saturated rings. The first-order valence-corrected chi connectivity index (χ1v) is 17.1. The maximum Gasteiger partial charge on any atom is 0.330 e. The van der Waals surface area contributed by atoms with Gasteiger partial charge in [-0.2, -0.15) is 0 Å². The average Bonchev–Trinajstić information content (AvgIpc) is 2.58. The molecule has 8 heteroatoms. The van der Waals surface area contributed by atoms with Gasteiger partial charge in [0, 0.05) is 13.2 Å². The fourth-order valence-corrected chi connectivity index (χ4v) is 5.51. The molecule has 0 amide bonds. The monoisotopic (exact) mass is 474 g/mol. The lowest BCUT2D eigenvalue weighted by atomic mass is 9.99. The molecule has 0 radical (unpaired) electrons. The van der Waals surface area contributed by atoms with Crippen molar-refractivity contribution in [2.75, 3.05) is 7.11 Å². The number of rotatable bonds is 7. The molecule has 31 heavy (non-hydrogen) atoms. The molecule has 1 heterocycles. The normalized spacial score (nSPS) is 28.7. The van der Waals surface area contributed by atoms with Crippen LogP contribution in [0.25, 0.3) is 0 Å². The molecular formula is C23H46O6Si2. The van der Waals surface area contributed by atoms with Crippen LogP contribution in [0, 0.1) is 0 Å². The Morgan fingerprint density at radius 1 is 0.871 bits per heavy atom. The zero-order valence-corrected chi connectivity index (χ0v) is 24.0. The highest BCUT2D eigenvalue weighted by Crippen LogP contribution is 2.43. The molecule has 5 unspecified atom stereocenters. The minimum absolute atomic E-state index is 0.00694. The summed E-state index contributed by atoms with van der Waals surface area (Å²) >= 11 is 0. The number of carbonyl (C=O) groups excluding carboxylic acids is 1. The highest BCUT2D eigenvalue weighted by atomic mass is 28.4. The van der Waals surface area contributed by atoms with Crippen molar-refractivity contribution in [2.45, 2.75) is 122 Å². The van der Waals surface area contributed by atoms with Crippen molar-refractivity contribution in [3.63, 3.8) is 0 Å². The third kappa shape index (κ3) is 6.98. The van der Waals surface area contributed by atoms with Gasteiger partial charge in [-0.05, 0) is 50.1 Å². The summed E-state index contributed by atoms with van der Waals surface area (Å²) in [6, 6.07) is 0. The Labute approximate surface area is 192 Å². The van der Waals surface area contributed by atoms with Gasteiger partial charge >= 0.3 is 5.97 Å². The molecule has 0 aromatic heterocycles. The van der Waals surface area contributed by atoms with Gasteiger partial charge in [0.25, 0.3) is 0 Å². The summed E-state index contributed by atoms with van der Waals surface area (Å²) < 4.78 is 31.4. The summed E-state index contributed by atoms with van der Waals surface area (Å²) in [6.07, 6.45) is 0.504. The van der Waals surface area contributed by atoms with Crippen molar-refractivity contribution in [3.8, 4) is 0 Å². The third-order valence-corrected chi connectivity index (χ3v) is 15.9. The van der Waals surface area contributed by atoms with Crippen molar-refractivity contribution in [1.82, 2.24) is 0 Å². The molecule has 0 aromatic rings. The zero-order chi connectivity index (χ0) is 24.4. The first-order chi connectivity index (χ1) is 13.9. The van der Waals surface area contributed by atoms with E-state index in [0.29, 0.717) is 0 Å². The number of esters is 1. The van der Waals surface area contributed by atoms with Crippen LogP contribution in [-0.4, -0.2) is 60.4 Å². The first kappa shape index (κ1) is 28.5. The highest BCUT2D eigenvalue weighted by molar-refractivity contribution is 6.74. The summed E-state index contributed by atoms with van der Waals surface area (Å²) in [6.45, 7) is 25.6. The summed E-state index contributed by atoms with van der Waals surface area (Å²) in [5.41, 5.74) is 0. The van der Waals surface area contributed by atoms with E-state index in [9.17, 15) is 4.79 Å². The summed E-state index contributed by atoms with van der Waals surface area (Å²) in [5, 5.41) is -0.0243. The second-order valence-corrected chi connectivity index (χ2v) is 21.0. The van der Waals surface area contributed by atoms with Gasteiger partial charge in [0.2, 0.25) is 0 Å². The lowest BCUT2D eigenvalue weighted by Crippen LogP contribution is -2.65. The van der Waals surface area contributed by atoms with E-state index in [-0.39, 0.29) is 10.1 Å². The Balaban J connectivity index is 3.48. The van der Waals surface area contributed by atoms with Gasteiger partial charge in [0.05, 0.1) is 6.10 Å². The van der Waals surface area contributed by atoms with E-state index in [0.717, 1.165) is 0 Å². The summed E-state index contributed by atoms with van der Waals surface area (Å²) in [5.74, 6) is -0.409. The van der Waals surface area contributed by atoms with E-state index >= 15 is 0 Å². The van der Waals surface area contributed by atoms with Gasteiger partial charge in [-0.15, -0.1) is 0 Å². The minimum atomic E-state index is -2.22. The maximum atomic E-state index is 12.4. The van der Waals surface area contributed by atoms with Gasteiger partial charge < -0.3 is 23.1 Å². The predicted molar refractivity (Wildman–Crippen MR) is 130 cm³/mol. The Kier molecular flexibility index (Phi) is 9.36. The minimum Gasteiger partial charge on any atom is -0.454 e. The van der Waals surface area contributed by atoms with Crippen LogP contribution >= 0.6 is 0 Å². The topological polar surface area (TPSA) is 63.2 Å². The predicted octanol–water partition coefficient (Wildman–Crippen LogP) is 5.65. The van der Waals surface area contributed by atoms with Crippen molar-refractivity contribution in [2.24, 2.45) is 0 Å². The Morgan fingerprint density at radius 2 is 1.32 bits per heavy atom. The molecular weight excluding hydrogens is 428 g/mol. The molecule has 5 atom stereocenters. The number of methoxy groups -OCH3 is 1. The van der Waals surface area contributed by atoms with Gasteiger partial charge in [0.15, 0.2) is 29.0 Å². The first-order valence-electron chi connectivity index (χ1n) is 11.2. The van der Waals surface area contributed by atoms with Crippen molar-refractivity contribution in [3.05, 3.63) is 12.2 Å². The summed E-state index contributed by atoms with van der Waals surface area (Å²) in [4.78, 5) is 12.4. The molecule has 0 N–H and O–H groups in total. The third-order valence-electron chi connectivity index (χ3n) is 6.99. The standard InChI is InChI=1S/C23H46O6Si2/c1-14-15-17(24)27-18-16(2)26-21(25-9)20(29-31(12,13)23(6,7)8)19(18)28-30(10,11)22(3,4)5/h14-16,18-21H,1-13H3/b15-14+. The van der Waals surface area contributed by atoms with Crippen LogP contribution < -0.4 is 0 Å². The van der Waals surface area contributed by atoms with Crippen LogP contribution in [0.3, 0.4) is 0 Å². The summed E-state index contributed by atoms with van der Waals surface area (Å²) in [7, 11) is -2.80. The van der Waals surface area contributed by atoms with Crippen LogP contribution in [0.4, 0.5) is 0 Å². The number of hydrogen-bond acceptors (Lipinski definition) is 6. The van der Waals surface area contributed by atoms with E-state index in [1.807, 2.05) is 6.92 Å². The molecule has 6 nitrogen and oxygen atoms in total. The van der Waals surface area contributed by atoms with Crippen LogP contribution in [0.1, 0.15) is 55.4 Å². The van der Waals surface area contributed by atoms with Crippen LogP contribution in [0.15, 0.2) is 12.2 Å². The molecule has 182 valence electrons. The van der Waals surface area contributed by atoms with E-state index in [1.54, 1.807) is 20.1 Å². The van der Waals surface area contributed by atoms with Crippen LogP contribution in [0.5, 0.6) is 0 Å². The van der Waals surface area contributed by atoms with E-state index in [2.05, 4.69) is 67.7 Å². The zero-order valence-electron chi connectivity index (χ0n) is 22.0.